The summed E-state index contributed by atoms with van der Waals surface area (Å²) in [6.45, 7) is 1.44. The fourth-order valence-corrected chi connectivity index (χ4v) is 5.11. The number of alkyl halides is 1. The number of fused-ring (bicyclic) bond motifs is 1. The molecule has 6 heteroatoms. The summed E-state index contributed by atoms with van der Waals surface area (Å²) in [4.78, 5) is 12.3. The van der Waals surface area contributed by atoms with Crippen molar-refractivity contribution in [3.05, 3.63) is 89.2 Å². The minimum Gasteiger partial charge on any atom is -0.493 e. The lowest BCUT2D eigenvalue weighted by molar-refractivity contribution is 0.345. The number of halogens is 2. The molecule has 4 nitrogen and oxygen atoms in total. The Labute approximate surface area is 202 Å². The van der Waals surface area contributed by atoms with Crippen molar-refractivity contribution in [3.8, 4) is 5.75 Å². The van der Waals surface area contributed by atoms with Crippen LogP contribution in [0.4, 0.5) is 0 Å². The predicted octanol–water partition coefficient (Wildman–Crippen LogP) is 5.81. The smallest absolute Gasteiger partial charge is 0.128 e. The number of nitrogens with zero attached hydrogens (tertiary/aromatic N) is 3. The van der Waals surface area contributed by atoms with E-state index < -0.39 is 0 Å². The molecule has 32 heavy (non-hydrogen) atoms. The van der Waals surface area contributed by atoms with Crippen LogP contribution in [-0.4, -0.2) is 47.0 Å². The Morgan fingerprint density at radius 3 is 2.84 bits per heavy atom. The van der Waals surface area contributed by atoms with Crippen molar-refractivity contribution in [2.75, 3.05) is 18.5 Å². The van der Waals surface area contributed by atoms with Gasteiger partial charge in [0.25, 0.3) is 0 Å². The Kier molecular flexibility index (Phi) is 6.47. The van der Waals surface area contributed by atoms with Crippen LogP contribution in [0, 0.1) is 5.92 Å². The van der Waals surface area contributed by atoms with E-state index in [0.29, 0.717) is 6.61 Å². The average Bonchev–Trinajstić information content (AvgIpc) is 3.23. The van der Waals surface area contributed by atoms with E-state index in [1.54, 1.807) is 0 Å². The van der Waals surface area contributed by atoms with Crippen LogP contribution in [0.3, 0.4) is 0 Å². The summed E-state index contributed by atoms with van der Waals surface area (Å²) in [5.74, 6) is 2.19. The summed E-state index contributed by atoms with van der Waals surface area (Å²) >= 11 is 9.76. The van der Waals surface area contributed by atoms with Gasteiger partial charge in [0.2, 0.25) is 0 Å². The molecule has 0 fully saturated rings. The van der Waals surface area contributed by atoms with E-state index >= 15 is 0 Å². The van der Waals surface area contributed by atoms with Crippen molar-refractivity contribution in [1.82, 2.24) is 4.90 Å². The number of dihydropyridines is 1. The molecule has 3 heterocycles. The maximum atomic E-state index is 6.36. The third kappa shape index (κ3) is 4.41. The summed E-state index contributed by atoms with van der Waals surface area (Å²) in [5.41, 5.74) is 3.51. The Morgan fingerprint density at radius 1 is 1.16 bits per heavy atom. The van der Waals surface area contributed by atoms with E-state index in [1.807, 2.05) is 18.2 Å². The third-order valence-electron chi connectivity index (χ3n) is 6.15. The van der Waals surface area contributed by atoms with Gasteiger partial charge in [0.15, 0.2) is 0 Å². The van der Waals surface area contributed by atoms with Crippen molar-refractivity contribution in [1.29, 1.82) is 0 Å². The molecule has 0 spiro atoms. The first-order valence-corrected chi connectivity index (χ1v) is 12.5. The number of amidine groups is 1. The minimum absolute atomic E-state index is 0.127. The standard InChI is InChI=1S/C26H25BrClN3O/c27-12-15-32-22-9-7-18(8-10-22)23-17-20(11-13-29-23)26-25(19-4-3-5-21(28)16-19)30-24-6-1-2-14-31(24)26/h1-3,5-10,14,16-17,19,25-26H,4,11-13,15H2/t19?,25?,26-/m1/s1. The molecule has 0 saturated carbocycles. The molecular weight excluding hydrogens is 486 g/mol. The van der Waals surface area contributed by atoms with Crippen molar-refractivity contribution in [2.24, 2.45) is 15.9 Å². The van der Waals surface area contributed by atoms with Crippen molar-refractivity contribution in [3.63, 3.8) is 0 Å². The molecule has 0 bridgehead atoms. The lowest BCUT2D eigenvalue weighted by Crippen LogP contribution is -2.41. The van der Waals surface area contributed by atoms with E-state index in [2.05, 4.69) is 75.6 Å². The van der Waals surface area contributed by atoms with Gasteiger partial charge in [-0.05, 0) is 72.5 Å². The molecule has 0 aromatic heterocycles. The van der Waals surface area contributed by atoms with Crippen LogP contribution in [0.5, 0.6) is 5.75 Å². The van der Waals surface area contributed by atoms with Crippen LogP contribution in [-0.2, 0) is 0 Å². The number of ether oxygens (including phenoxy) is 1. The Balaban J connectivity index is 1.43. The van der Waals surface area contributed by atoms with Gasteiger partial charge in [-0.25, -0.2) is 0 Å². The molecule has 3 atom stereocenters. The fourth-order valence-electron chi connectivity index (χ4n) is 4.70. The second kappa shape index (κ2) is 9.63. The van der Waals surface area contributed by atoms with Crippen LogP contribution >= 0.6 is 27.5 Å². The van der Waals surface area contributed by atoms with Gasteiger partial charge in [0.1, 0.15) is 11.6 Å². The minimum atomic E-state index is 0.127. The molecule has 0 amide bonds. The van der Waals surface area contributed by atoms with Crippen molar-refractivity contribution < 1.29 is 4.74 Å². The highest BCUT2D eigenvalue weighted by Gasteiger charge is 2.41. The molecule has 0 saturated heterocycles. The number of aliphatic imine (C=N–C) groups is 2. The van der Waals surface area contributed by atoms with Crippen LogP contribution in [0.25, 0.3) is 0 Å². The number of hydrogen-bond acceptors (Lipinski definition) is 4. The average molecular weight is 511 g/mol. The number of benzene rings is 1. The molecule has 2 unspecified atom stereocenters. The van der Waals surface area contributed by atoms with Crippen LogP contribution in [0.2, 0.25) is 0 Å². The molecule has 4 aliphatic rings. The molecule has 0 N–H and O–H groups in total. The van der Waals surface area contributed by atoms with Crippen LogP contribution in [0.1, 0.15) is 18.4 Å². The summed E-state index contributed by atoms with van der Waals surface area (Å²) in [5, 5.41) is 1.62. The molecule has 164 valence electrons. The Hall–Kier alpha value is -2.37. The van der Waals surface area contributed by atoms with Crippen molar-refractivity contribution in [2.45, 2.75) is 24.9 Å². The molecule has 1 aromatic carbocycles. The lowest BCUT2D eigenvalue weighted by atomic mass is 9.83. The number of hydrogen-bond donors (Lipinski definition) is 0. The maximum absolute atomic E-state index is 6.36. The molecule has 3 aliphatic heterocycles. The van der Waals surface area contributed by atoms with E-state index in [4.69, 9.17) is 26.3 Å². The van der Waals surface area contributed by atoms with Gasteiger partial charge in [-0.3, -0.25) is 9.98 Å². The first kappa shape index (κ1) is 21.5. The van der Waals surface area contributed by atoms with Gasteiger partial charge < -0.3 is 9.64 Å². The third-order valence-corrected chi connectivity index (χ3v) is 6.73. The van der Waals surface area contributed by atoms with E-state index in [0.717, 1.165) is 52.6 Å². The molecule has 1 aliphatic carbocycles. The summed E-state index contributed by atoms with van der Waals surface area (Å²) in [6, 6.07) is 8.52. The number of rotatable bonds is 6. The zero-order valence-corrected chi connectivity index (χ0v) is 20.0. The fraction of sp³-hybridized carbons (Fsp3) is 0.308. The highest BCUT2D eigenvalue weighted by Crippen LogP contribution is 2.37. The first-order chi connectivity index (χ1) is 15.7. The monoisotopic (exact) mass is 509 g/mol. The van der Waals surface area contributed by atoms with Crippen LogP contribution in [0.15, 0.2) is 93.6 Å². The number of allylic oxidation sites excluding steroid dienone is 6. The first-order valence-electron chi connectivity index (χ1n) is 11.0. The summed E-state index contributed by atoms with van der Waals surface area (Å²) in [6.07, 6.45) is 18.9. The van der Waals surface area contributed by atoms with E-state index in [-0.39, 0.29) is 18.0 Å². The van der Waals surface area contributed by atoms with E-state index in [1.165, 1.54) is 5.57 Å². The molecular formula is C26H25BrClN3O. The van der Waals surface area contributed by atoms with E-state index in [9.17, 15) is 0 Å². The van der Waals surface area contributed by atoms with Gasteiger partial charge in [0, 0.05) is 29.0 Å². The Bertz CT molecular complexity index is 1080. The summed E-state index contributed by atoms with van der Waals surface area (Å²) in [7, 11) is 0. The summed E-state index contributed by atoms with van der Waals surface area (Å²) < 4.78 is 5.69. The highest BCUT2D eigenvalue weighted by molar-refractivity contribution is 9.09. The normalized spacial score (nSPS) is 26.3. The van der Waals surface area contributed by atoms with Gasteiger partial charge >= 0.3 is 0 Å². The predicted molar refractivity (Wildman–Crippen MR) is 136 cm³/mol. The largest absolute Gasteiger partial charge is 0.493 e. The zero-order valence-electron chi connectivity index (χ0n) is 17.7. The second-order valence-corrected chi connectivity index (χ2v) is 9.41. The quantitative estimate of drug-likeness (QED) is 0.453. The van der Waals surface area contributed by atoms with Crippen LogP contribution < -0.4 is 4.74 Å². The van der Waals surface area contributed by atoms with Gasteiger partial charge in [-0.15, -0.1) is 0 Å². The SMILES string of the molecule is ClC1=CC(C2N=C3C=CC=CN3[C@@H]2C2=CC(c3ccc(OCCBr)cc3)=NCC2)CC=C1. The zero-order chi connectivity index (χ0) is 21.9. The van der Waals surface area contributed by atoms with Gasteiger partial charge in [0.05, 0.1) is 24.4 Å². The van der Waals surface area contributed by atoms with Gasteiger partial charge in [-0.2, -0.15) is 0 Å². The van der Waals surface area contributed by atoms with Gasteiger partial charge in [-0.1, -0.05) is 45.8 Å². The second-order valence-electron chi connectivity index (χ2n) is 8.18. The highest BCUT2D eigenvalue weighted by atomic mass is 79.9. The molecule has 1 aromatic rings. The Morgan fingerprint density at radius 2 is 2.03 bits per heavy atom. The topological polar surface area (TPSA) is 37.2 Å². The maximum Gasteiger partial charge on any atom is 0.128 e. The lowest BCUT2D eigenvalue weighted by Gasteiger charge is -2.34. The van der Waals surface area contributed by atoms with Crippen molar-refractivity contribution >= 4 is 39.1 Å². The molecule has 5 rings (SSSR count). The molecule has 0 radical (unpaired) electrons.